The highest BCUT2D eigenvalue weighted by Crippen LogP contribution is 2.29. The van der Waals surface area contributed by atoms with E-state index in [0.29, 0.717) is 11.8 Å². The first-order valence-electron chi connectivity index (χ1n) is 9.74. The molecular formula is C23H18F3N3O2S. The number of anilines is 1. The number of thioether (sulfide) groups is 1. The van der Waals surface area contributed by atoms with Crippen LogP contribution >= 0.6 is 11.8 Å². The summed E-state index contributed by atoms with van der Waals surface area (Å²) in [6.07, 6.45) is 0. The van der Waals surface area contributed by atoms with Gasteiger partial charge in [-0.25, -0.2) is 18.2 Å². The van der Waals surface area contributed by atoms with E-state index in [1.165, 1.54) is 0 Å². The van der Waals surface area contributed by atoms with E-state index >= 15 is 0 Å². The molecule has 0 fully saturated rings. The Balaban J connectivity index is 1.57. The highest BCUT2D eigenvalue weighted by molar-refractivity contribution is 7.99. The van der Waals surface area contributed by atoms with Crippen molar-refractivity contribution in [1.82, 2.24) is 9.55 Å². The van der Waals surface area contributed by atoms with Gasteiger partial charge in [0.25, 0.3) is 0 Å². The number of halogens is 3. The third kappa shape index (κ3) is 4.43. The van der Waals surface area contributed by atoms with Gasteiger partial charge in [0.1, 0.15) is 5.75 Å². The summed E-state index contributed by atoms with van der Waals surface area (Å²) in [5, 5.41) is 2.82. The highest BCUT2D eigenvalue weighted by Gasteiger charge is 2.17. The molecule has 0 saturated heterocycles. The maximum atomic E-state index is 13.8. The van der Waals surface area contributed by atoms with E-state index in [9.17, 15) is 18.0 Å². The van der Waals surface area contributed by atoms with Crippen LogP contribution in [0, 0.1) is 17.5 Å². The topological polar surface area (TPSA) is 56.1 Å². The van der Waals surface area contributed by atoms with Gasteiger partial charge >= 0.3 is 0 Å². The quantitative estimate of drug-likeness (QED) is 0.291. The van der Waals surface area contributed by atoms with Crippen LogP contribution in [0.15, 0.2) is 65.8 Å². The molecule has 1 aromatic heterocycles. The molecule has 0 spiro atoms. The lowest BCUT2D eigenvalue weighted by Crippen LogP contribution is -2.16. The molecule has 1 heterocycles. The maximum Gasteiger partial charge on any atom is 0.234 e. The number of nitrogens with one attached hydrogen (secondary N) is 1. The fourth-order valence-electron chi connectivity index (χ4n) is 3.15. The number of hydrogen-bond donors (Lipinski definition) is 1. The van der Waals surface area contributed by atoms with Crippen LogP contribution in [0.1, 0.15) is 6.92 Å². The molecule has 0 bridgehead atoms. The monoisotopic (exact) mass is 457 g/mol. The Morgan fingerprint density at radius 1 is 1.03 bits per heavy atom. The van der Waals surface area contributed by atoms with E-state index in [0.717, 1.165) is 46.4 Å². The molecule has 0 aliphatic carbocycles. The molecule has 0 radical (unpaired) electrons. The predicted octanol–water partition coefficient (Wildman–Crippen LogP) is 5.57. The second-order valence-corrected chi connectivity index (χ2v) is 7.65. The van der Waals surface area contributed by atoms with Gasteiger partial charge in [-0.15, -0.1) is 0 Å². The number of nitrogens with zero attached hydrogens (tertiary/aromatic N) is 2. The minimum absolute atomic E-state index is 0.112. The molecule has 0 aliphatic heterocycles. The fourth-order valence-corrected chi connectivity index (χ4v) is 3.98. The number of rotatable bonds is 7. The van der Waals surface area contributed by atoms with Gasteiger partial charge in [-0.2, -0.15) is 0 Å². The summed E-state index contributed by atoms with van der Waals surface area (Å²) in [4.78, 5) is 16.9. The summed E-state index contributed by atoms with van der Waals surface area (Å²) >= 11 is 1.14. The Labute approximate surface area is 186 Å². The molecule has 0 saturated carbocycles. The number of benzene rings is 3. The summed E-state index contributed by atoms with van der Waals surface area (Å²) < 4.78 is 47.7. The van der Waals surface area contributed by atoms with Crippen LogP contribution in [0.4, 0.5) is 18.9 Å². The van der Waals surface area contributed by atoms with Crippen molar-refractivity contribution < 1.29 is 22.7 Å². The summed E-state index contributed by atoms with van der Waals surface area (Å²) in [6, 6.07) is 16.7. The smallest absolute Gasteiger partial charge is 0.234 e. The van der Waals surface area contributed by atoms with Crippen molar-refractivity contribution in [3.8, 4) is 11.4 Å². The molecule has 32 heavy (non-hydrogen) atoms. The average Bonchev–Trinajstić information content (AvgIpc) is 3.17. The van der Waals surface area contributed by atoms with Gasteiger partial charge in [0.15, 0.2) is 22.6 Å². The standard InChI is InChI=1S/C23H18F3N3O2S/c1-2-31-15-9-7-14(8-10-15)29-19-6-4-3-5-17(19)28-23(29)32-13-20(30)27-18-12-11-16(24)21(25)22(18)26/h3-12H,2,13H2,1H3,(H,27,30). The lowest BCUT2D eigenvalue weighted by molar-refractivity contribution is -0.113. The van der Waals surface area contributed by atoms with E-state index in [1.807, 2.05) is 60.0 Å². The third-order valence-corrected chi connectivity index (χ3v) is 5.52. The van der Waals surface area contributed by atoms with Crippen LogP contribution in [-0.4, -0.2) is 27.8 Å². The van der Waals surface area contributed by atoms with E-state index in [4.69, 9.17) is 4.74 Å². The van der Waals surface area contributed by atoms with E-state index < -0.39 is 29.0 Å². The predicted molar refractivity (Wildman–Crippen MR) is 118 cm³/mol. The van der Waals surface area contributed by atoms with Gasteiger partial charge < -0.3 is 10.1 Å². The molecule has 1 amide bonds. The Kier molecular flexibility index (Phi) is 6.36. The summed E-state index contributed by atoms with van der Waals surface area (Å²) in [5.41, 5.74) is 2.01. The van der Waals surface area contributed by atoms with E-state index in [1.54, 1.807) is 0 Å². The largest absolute Gasteiger partial charge is 0.494 e. The Morgan fingerprint density at radius 2 is 1.78 bits per heavy atom. The molecule has 0 unspecified atom stereocenters. The number of carbonyl (C=O) groups excluding carboxylic acids is 1. The first-order chi connectivity index (χ1) is 15.5. The van der Waals surface area contributed by atoms with Gasteiger partial charge in [-0.1, -0.05) is 23.9 Å². The van der Waals surface area contributed by atoms with Gasteiger partial charge in [0.05, 0.1) is 29.1 Å². The average molecular weight is 457 g/mol. The first-order valence-corrected chi connectivity index (χ1v) is 10.7. The van der Waals surface area contributed by atoms with Gasteiger partial charge in [0, 0.05) is 5.69 Å². The number of amides is 1. The van der Waals surface area contributed by atoms with Crippen molar-refractivity contribution in [2.45, 2.75) is 12.1 Å². The molecule has 0 atom stereocenters. The fraction of sp³-hybridized carbons (Fsp3) is 0.130. The highest BCUT2D eigenvalue weighted by atomic mass is 32.2. The molecule has 1 N–H and O–H groups in total. The Morgan fingerprint density at radius 3 is 2.53 bits per heavy atom. The van der Waals surface area contributed by atoms with Crippen LogP contribution in [-0.2, 0) is 4.79 Å². The number of para-hydroxylation sites is 2. The van der Waals surface area contributed by atoms with Crippen molar-refractivity contribution in [2.24, 2.45) is 0 Å². The van der Waals surface area contributed by atoms with Crippen molar-refractivity contribution >= 4 is 34.4 Å². The lowest BCUT2D eigenvalue weighted by atomic mass is 10.2. The molecule has 9 heteroatoms. The Hall–Kier alpha value is -3.46. The number of hydrogen-bond acceptors (Lipinski definition) is 4. The van der Waals surface area contributed by atoms with E-state index in [-0.39, 0.29) is 5.75 Å². The molecule has 4 aromatic rings. The van der Waals surface area contributed by atoms with Crippen molar-refractivity contribution in [3.05, 3.63) is 78.1 Å². The minimum atomic E-state index is -1.63. The second kappa shape index (κ2) is 9.35. The van der Waals surface area contributed by atoms with Gasteiger partial charge in [-0.3, -0.25) is 9.36 Å². The number of fused-ring (bicyclic) bond motifs is 1. The Bertz CT molecular complexity index is 1280. The molecule has 3 aromatic carbocycles. The third-order valence-electron chi connectivity index (χ3n) is 4.58. The van der Waals surface area contributed by atoms with E-state index in [2.05, 4.69) is 10.3 Å². The minimum Gasteiger partial charge on any atom is -0.494 e. The van der Waals surface area contributed by atoms with Crippen LogP contribution in [0.3, 0.4) is 0 Å². The number of carbonyl (C=O) groups is 1. The zero-order chi connectivity index (χ0) is 22.7. The second-order valence-electron chi connectivity index (χ2n) is 6.71. The van der Waals surface area contributed by atoms with Gasteiger partial charge in [0.2, 0.25) is 5.91 Å². The summed E-state index contributed by atoms with van der Waals surface area (Å²) in [5.74, 6) is -4.34. The van der Waals surface area contributed by atoms with Crippen LogP contribution in [0.5, 0.6) is 5.75 Å². The molecule has 164 valence electrons. The van der Waals surface area contributed by atoms with Crippen molar-refractivity contribution in [3.63, 3.8) is 0 Å². The SMILES string of the molecule is CCOc1ccc(-n2c(SCC(=O)Nc3ccc(F)c(F)c3F)nc3ccccc32)cc1. The first kappa shape index (κ1) is 21.8. The molecule has 4 rings (SSSR count). The zero-order valence-electron chi connectivity index (χ0n) is 16.9. The molecular weight excluding hydrogens is 439 g/mol. The van der Waals surface area contributed by atoms with Gasteiger partial charge in [-0.05, 0) is 55.5 Å². The number of aromatic nitrogens is 2. The number of ether oxygens (including phenoxy) is 1. The zero-order valence-corrected chi connectivity index (χ0v) is 17.8. The maximum absolute atomic E-state index is 13.8. The number of imidazole rings is 1. The van der Waals surface area contributed by atoms with Crippen LogP contribution in [0.2, 0.25) is 0 Å². The van der Waals surface area contributed by atoms with Crippen molar-refractivity contribution in [1.29, 1.82) is 0 Å². The summed E-state index contributed by atoms with van der Waals surface area (Å²) in [7, 11) is 0. The van der Waals surface area contributed by atoms with Crippen molar-refractivity contribution in [2.75, 3.05) is 17.7 Å². The van der Waals surface area contributed by atoms with Crippen LogP contribution in [0.25, 0.3) is 16.7 Å². The lowest BCUT2D eigenvalue weighted by Gasteiger charge is -2.11. The molecule has 5 nitrogen and oxygen atoms in total. The van der Waals surface area contributed by atoms with Crippen LogP contribution < -0.4 is 10.1 Å². The summed E-state index contributed by atoms with van der Waals surface area (Å²) in [6.45, 7) is 2.46. The normalized spacial score (nSPS) is 11.0. The molecule has 0 aliphatic rings.